The molecule has 1 aromatic heterocycles. The fraction of sp³-hybridized carbons (Fsp3) is 0.643. The van der Waals surface area contributed by atoms with E-state index >= 15 is 0 Å². The molecule has 0 radical (unpaired) electrons. The Balaban J connectivity index is 2.22. The third kappa shape index (κ3) is 3.12. The molecule has 0 spiro atoms. The molecule has 0 aromatic carbocycles. The fourth-order valence-corrected chi connectivity index (χ4v) is 2.71. The van der Waals surface area contributed by atoms with Crippen molar-refractivity contribution in [1.29, 1.82) is 0 Å². The Bertz CT molecular complexity index is 494. The maximum atomic E-state index is 13.6. The van der Waals surface area contributed by atoms with Gasteiger partial charge in [-0.05, 0) is 25.7 Å². The summed E-state index contributed by atoms with van der Waals surface area (Å²) < 4.78 is 59.2. The molecule has 3 nitrogen and oxygen atoms in total. The van der Waals surface area contributed by atoms with Crippen LogP contribution in [0.1, 0.15) is 39.5 Å². The number of pyridine rings is 1. The van der Waals surface area contributed by atoms with E-state index in [1.54, 1.807) is 0 Å². The van der Waals surface area contributed by atoms with Gasteiger partial charge in [0.2, 0.25) is 11.6 Å². The van der Waals surface area contributed by atoms with E-state index in [4.69, 9.17) is 4.74 Å². The van der Waals surface area contributed by atoms with Crippen LogP contribution >= 0.6 is 0 Å². The molecule has 118 valence electrons. The van der Waals surface area contributed by atoms with E-state index in [9.17, 15) is 17.6 Å². The van der Waals surface area contributed by atoms with E-state index in [0.29, 0.717) is 19.4 Å². The van der Waals surface area contributed by atoms with E-state index in [2.05, 4.69) is 10.3 Å². The Morgan fingerprint density at radius 2 is 1.71 bits per heavy atom. The number of hydrogen-bond donors (Lipinski definition) is 1. The van der Waals surface area contributed by atoms with Crippen LogP contribution in [-0.4, -0.2) is 23.2 Å². The van der Waals surface area contributed by atoms with Crippen LogP contribution in [0, 0.1) is 23.5 Å². The highest BCUT2D eigenvalue weighted by Crippen LogP contribution is 2.34. The van der Waals surface area contributed by atoms with Crippen LogP contribution in [0.15, 0.2) is 0 Å². The van der Waals surface area contributed by atoms with Crippen LogP contribution < -0.4 is 5.32 Å². The van der Waals surface area contributed by atoms with E-state index in [0.717, 1.165) is 12.8 Å². The normalized spacial score (nSPS) is 21.3. The van der Waals surface area contributed by atoms with E-state index in [1.807, 2.05) is 13.8 Å². The molecule has 1 aliphatic heterocycles. The third-order valence-electron chi connectivity index (χ3n) is 4.13. The summed E-state index contributed by atoms with van der Waals surface area (Å²) >= 11 is 0. The van der Waals surface area contributed by atoms with Crippen molar-refractivity contribution in [2.24, 2.45) is 0 Å². The number of halogens is 4. The summed E-state index contributed by atoms with van der Waals surface area (Å²) in [5.41, 5.74) is -1.17. The first kappa shape index (κ1) is 16.0. The summed E-state index contributed by atoms with van der Waals surface area (Å²) in [7, 11) is 0. The number of nitrogens with one attached hydrogen (secondary N) is 1. The van der Waals surface area contributed by atoms with E-state index in [-0.39, 0.29) is 11.6 Å². The minimum absolute atomic E-state index is 0.316. The molecular formula is C14H18F4N2O. The molecule has 1 aliphatic rings. The van der Waals surface area contributed by atoms with Gasteiger partial charge in [0.25, 0.3) is 11.9 Å². The van der Waals surface area contributed by atoms with Gasteiger partial charge in [-0.2, -0.15) is 22.5 Å². The second-order valence-electron chi connectivity index (χ2n) is 5.27. The molecule has 0 amide bonds. The van der Waals surface area contributed by atoms with Crippen LogP contribution in [0.2, 0.25) is 0 Å². The first-order valence-electron chi connectivity index (χ1n) is 7.03. The van der Waals surface area contributed by atoms with Crippen LogP contribution in [0.3, 0.4) is 0 Å². The average molecular weight is 306 g/mol. The number of aromatic nitrogens is 1. The molecule has 0 saturated carbocycles. The number of nitrogens with zero attached hydrogens (tertiary/aromatic N) is 1. The predicted molar refractivity (Wildman–Crippen MR) is 70.0 cm³/mol. The third-order valence-corrected chi connectivity index (χ3v) is 4.13. The van der Waals surface area contributed by atoms with Crippen molar-refractivity contribution in [1.82, 2.24) is 4.98 Å². The summed E-state index contributed by atoms with van der Waals surface area (Å²) in [6.07, 6.45) is 2.54. The Labute approximate surface area is 120 Å². The quantitative estimate of drug-likeness (QED) is 0.679. The Hall–Kier alpha value is -1.37. The smallest absolute Gasteiger partial charge is 0.253 e. The SMILES string of the molecule is CCC1(CC)CC(Nc2c(F)c(F)nc(F)c2F)CCO1. The molecular weight excluding hydrogens is 288 g/mol. The monoisotopic (exact) mass is 306 g/mol. The topological polar surface area (TPSA) is 34.2 Å². The lowest BCUT2D eigenvalue weighted by molar-refractivity contribution is -0.0865. The number of hydrogen-bond acceptors (Lipinski definition) is 3. The van der Waals surface area contributed by atoms with Gasteiger partial charge < -0.3 is 10.1 Å². The van der Waals surface area contributed by atoms with E-state index < -0.39 is 29.2 Å². The zero-order valence-corrected chi connectivity index (χ0v) is 12.0. The molecule has 2 heterocycles. The zero-order valence-electron chi connectivity index (χ0n) is 12.0. The Kier molecular flexibility index (Phi) is 4.70. The summed E-state index contributed by atoms with van der Waals surface area (Å²) in [5, 5.41) is 2.57. The molecule has 1 atom stereocenters. The molecule has 7 heteroatoms. The molecule has 2 rings (SSSR count). The summed E-state index contributed by atoms with van der Waals surface area (Å²) in [6.45, 7) is 4.37. The van der Waals surface area contributed by atoms with Gasteiger partial charge in [0.05, 0.1) is 5.60 Å². The van der Waals surface area contributed by atoms with Crippen molar-refractivity contribution in [3.8, 4) is 0 Å². The second kappa shape index (κ2) is 6.17. The summed E-state index contributed by atoms with van der Waals surface area (Å²) in [5.74, 6) is -6.31. The first-order chi connectivity index (χ1) is 9.92. The molecule has 1 fully saturated rings. The largest absolute Gasteiger partial charge is 0.377 e. The minimum atomic E-state index is -1.65. The molecule has 21 heavy (non-hydrogen) atoms. The van der Waals surface area contributed by atoms with Gasteiger partial charge in [-0.1, -0.05) is 13.8 Å². The number of rotatable bonds is 4. The molecule has 0 bridgehead atoms. The standard InChI is InChI=1S/C14H18F4N2O/c1-3-14(4-2)7-8(5-6-21-14)19-11-9(15)12(17)20-13(18)10(11)16/h8H,3-7H2,1-2H3,(H,19,20). The van der Waals surface area contributed by atoms with Gasteiger partial charge in [0.1, 0.15) is 5.69 Å². The summed E-state index contributed by atoms with van der Waals surface area (Å²) in [6, 6.07) is -0.316. The van der Waals surface area contributed by atoms with Crippen molar-refractivity contribution in [2.75, 3.05) is 11.9 Å². The molecule has 1 saturated heterocycles. The van der Waals surface area contributed by atoms with Crippen molar-refractivity contribution in [2.45, 2.75) is 51.2 Å². The van der Waals surface area contributed by atoms with Gasteiger partial charge in [0.15, 0.2) is 0 Å². The van der Waals surface area contributed by atoms with Gasteiger partial charge in [0, 0.05) is 12.6 Å². The number of ether oxygens (including phenoxy) is 1. The van der Waals surface area contributed by atoms with Crippen molar-refractivity contribution in [3.63, 3.8) is 0 Å². The maximum Gasteiger partial charge on any atom is 0.253 e. The zero-order chi connectivity index (χ0) is 15.6. The van der Waals surface area contributed by atoms with Gasteiger partial charge in [-0.25, -0.2) is 0 Å². The Morgan fingerprint density at radius 3 is 2.24 bits per heavy atom. The highest BCUT2D eigenvalue weighted by atomic mass is 19.2. The Morgan fingerprint density at radius 1 is 1.14 bits per heavy atom. The van der Waals surface area contributed by atoms with Crippen molar-refractivity contribution < 1.29 is 22.3 Å². The molecule has 0 aliphatic carbocycles. The predicted octanol–water partition coefficient (Wildman–Crippen LogP) is 3.79. The molecule has 1 unspecified atom stereocenters. The number of anilines is 1. The van der Waals surface area contributed by atoms with E-state index in [1.165, 1.54) is 0 Å². The second-order valence-corrected chi connectivity index (χ2v) is 5.27. The highest BCUT2D eigenvalue weighted by Gasteiger charge is 2.35. The first-order valence-corrected chi connectivity index (χ1v) is 7.03. The van der Waals surface area contributed by atoms with Crippen LogP contribution in [0.5, 0.6) is 0 Å². The molecule has 1 aromatic rings. The molecule has 1 N–H and O–H groups in total. The van der Waals surface area contributed by atoms with Gasteiger partial charge in [-0.3, -0.25) is 0 Å². The van der Waals surface area contributed by atoms with Crippen molar-refractivity contribution in [3.05, 3.63) is 23.5 Å². The maximum absolute atomic E-state index is 13.6. The van der Waals surface area contributed by atoms with Gasteiger partial charge in [-0.15, -0.1) is 0 Å². The minimum Gasteiger partial charge on any atom is -0.377 e. The van der Waals surface area contributed by atoms with Crippen LogP contribution in [-0.2, 0) is 4.74 Å². The lowest BCUT2D eigenvalue weighted by atomic mass is 9.86. The average Bonchev–Trinajstić information content (AvgIpc) is 2.49. The van der Waals surface area contributed by atoms with Gasteiger partial charge >= 0.3 is 0 Å². The lowest BCUT2D eigenvalue weighted by Crippen LogP contribution is -2.44. The lowest BCUT2D eigenvalue weighted by Gasteiger charge is -2.40. The van der Waals surface area contributed by atoms with Crippen LogP contribution in [0.4, 0.5) is 23.2 Å². The fourth-order valence-electron chi connectivity index (χ4n) is 2.71. The van der Waals surface area contributed by atoms with Crippen LogP contribution in [0.25, 0.3) is 0 Å². The van der Waals surface area contributed by atoms with Crippen molar-refractivity contribution >= 4 is 5.69 Å². The summed E-state index contributed by atoms with van der Waals surface area (Å²) in [4.78, 5) is 2.54. The highest BCUT2D eigenvalue weighted by molar-refractivity contribution is 5.46.